The van der Waals surface area contributed by atoms with Gasteiger partial charge in [-0.1, -0.05) is 11.6 Å². The number of carbonyl (C=O) groups excluding carboxylic acids is 2. The Morgan fingerprint density at radius 1 is 0.960 bits per heavy atom. The van der Waals surface area contributed by atoms with Crippen LogP contribution in [0.4, 0.5) is 5.69 Å². The van der Waals surface area contributed by atoms with E-state index >= 15 is 0 Å². The molecule has 2 N–H and O–H groups in total. The minimum atomic E-state index is -0.339. The third-order valence-corrected chi connectivity index (χ3v) is 3.90. The van der Waals surface area contributed by atoms with Crippen LogP contribution >= 0.6 is 11.6 Å². The standard InChI is InChI=1S/C17H14ClN3O4/c18-12-2-4-13(5-3-12)20-9-17(25)21(10-16(20)24)19-8-11-1-6-14(22)15(23)7-11/h1-8,22-23H,9-10H2. The van der Waals surface area contributed by atoms with Gasteiger partial charge in [-0.25, -0.2) is 5.01 Å². The van der Waals surface area contributed by atoms with Crippen molar-refractivity contribution in [3.63, 3.8) is 0 Å². The Labute approximate surface area is 148 Å². The molecule has 25 heavy (non-hydrogen) atoms. The van der Waals surface area contributed by atoms with Crippen molar-refractivity contribution < 1.29 is 19.8 Å². The van der Waals surface area contributed by atoms with Crippen LogP contribution in [0, 0.1) is 0 Å². The fourth-order valence-electron chi connectivity index (χ4n) is 2.33. The summed E-state index contributed by atoms with van der Waals surface area (Å²) >= 11 is 5.83. The molecular weight excluding hydrogens is 346 g/mol. The summed E-state index contributed by atoms with van der Waals surface area (Å²) in [5, 5.41) is 24.3. The van der Waals surface area contributed by atoms with Gasteiger partial charge < -0.3 is 15.1 Å². The van der Waals surface area contributed by atoms with Gasteiger partial charge in [-0.15, -0.1) is 0 Å². The number of hydrogen-bond acceptors (Lipinski definition) is 5. The molecule has 0 spiro atoms. The molecule has 128 valence electrons. The van der Waals surface area contributed by atoms with Crippen molar-refractivity contribution in [1.82, 2.24) is 5.01 Å². The Morgan fingerprint density at radius 2 is 1.68 bits per heavy atom. The van der Waals surface area contributed by atoms with Gasteiger partial charge in [-0.2, -0.15) is 5.10 Å². The average Bonchev–Trinajstić information content (AvgIpc) is 2.59. The van der Waals surface area contributed by atoms with Gasteiger partial charge in [-0.05, 0) is 48.0 Å². The van der Waals surface area contributed by atoms with E-state index in [1.807, 2.05) is 0 Å². The summed E-state index contributed by atoms with van der Waals surface area (Å²) in [6.07, 6.45) is 1.34. The molecule has 0 atom stereocenters. The summed E-state index contributed by atoms with van der Waals surface area (Å²) in [6, 6.07) is 10.8. The van der Waals surface area contributed by atoms with E-state index in [9.17, 15) is 19.8 Å². The Morgan fingerprint density at radius 3 is 2.36 bits per heavy atom. The maximum atomic E-state index is 12.3. The lowest BCUT2D eigenvalue weighted by molar-refractivity contribution is -0.138. The number of piperazine rings is 1. The van der Waals surface area contributed by atoms with Gasteiger partial charge in [0.1, 0.15) is 13.1 Å². The van der Waals surface area contributed by atoms with Crippen molar-refractivity contribution in [3.8, 4) is 11.5 Å². The van der Waals surface area contributed by atoms with Gasteiger partial charge in [0.15, 0.2) is 11.5 Å². The third-order valence-electron chi connectivity index (χ3n) is 3.65. The van der Waals surface area contributed by atoms with E-state index < -0.39 is 0 Å². The lowest BCUT2D eigenvalue weighted by atomic mass is 10.2. The van der Waals surface area contributed by atoms with Gasteiger partial charge in [-0.3, -0.25) is 9.59 Å². The number of benzene rings is 2. The molecule has 0 radical (unpaired) electrons. The fourth-order valence-corrected chi connectivity index (χ4v) is 2.45. The van der Waals surface area contributed by atoms with Crippen LogP contribution in [0.15, 0.2) is 47.6 Å². The number of phenols is 2. The lowest BCUT2D eigenvalue weighted by Gasteiger charge is -2.31. The molecular formula is C17H14ClN3O4. The predicted molar refractivity (Wildman–Crippen MR) is 92.9 cm³/mol. The summed E-state index contributed by atoms with van der Waals surface area (Å²) in [4.78, 5) is 25.9. The molecule has 0 unspecified atom stereocenters. The van der Waals surface area contributed by atoms with Crippen LogP contribution in [0.3, 0.4) is 0 Å². The molecule has 1 fully saturated rings. The van der Waals surface area contributed by atoms with E-state index in [2.05, 4.69) is 5.10 Å². The molecule has 1 aliphatic heterocycles. The molecule has 0 aromatic heterocycles. The SMILES string of the molecule is O=C1CN(c2ccc(Cl)cc2)C(=O)CN1N=Cc1ccc(O)c(O)c1. The van der Waals surface area contributed by atoms with E-state index in [1.165, 1.54) is 29.3 Å². The van der Waals surface area contributed by atoms with E-state index in [0.717, 1.165) is 5.01 Å². The van der Waals surface area contributed by atoms with Crippen molar-refractivity contribution in [1.29, 1.82) is 0 Å². The van der Waals surface area contributed by atoms with Crippen molar-refractivity contribution in [2.75, 3.05) is 18.0 Å². The topological polar surface area (TPSA) is 93.4 Å². The molecule has 2 aromatic carbocycles. The number of phenolic OH excluding ortho intramolecular Hbond substituents is 2. The molecule has 0 bridgehead atoms. The second kappa shape index (κ2) is 6.82. The monoisotopic (exact) mass is 359 g/mol. The van der Waals surface area contributed by atoms with Crippen LogP contribution in [0.2, 0.25) is 5.02 Å². The highest BCUT2D eigenvalue weighted by Gasteiger charge is 2.30. The quantitative estimate of drug-likeness (QED) is 0.647. The predicted octanol–water partition coefficient (Wildman–Crippen LogP) is 1.96. The maximum Gasteiger partial charge on any atom is 0.263 e. The highest BCUT2D eigenvalue weighted by molar-refractivity contribution is 6.30. The number of hydrazone groups is 1. The van der Waals surface area contributed by atoms with Crippen LogP contribution in [-0.4, -0.2) is 46.3 Å². The Bertz CT molecular complexity index is 851. The summed E-state index contributed by atoms with van der Waals surface area (Å²) in [7, 11) is 0. The van der Waals surface area contributed by atoms with Crippen molar-refractivity contribution >= 4 is 35.3 Å². The second-order valence-corrected chi connectivity index (χ2v) is 5.84. The molecule has 7 nitrogen and oxygen atoms in total. The molecule has 3 rings (SSSR count). The molecule has 1 saturated heterocycles. The molecule has 2 aromatic rings. The van der Waals surface area contributed by atoms with Gasteiger partial charge in [0.05, 0.1) is 6.21 Å². The number of anilines is 1. The van der Waals surface area contributed by atoms with E-state index in [-0.39, 0.29) is 36.4 Å². The molecule has 1 aliphatic rings. The van der Waals surface area contributed by atoms with E-state index in [4.69, 9.17) is 11.6 Å². The lowest BCUT2D eigenvalue weighted by Crippen LogP contribution is -2.52. The third kappa shape index (κ3) is 3.72. The molecule has 0 aliphatic carbocycles. The maximum absolute atomic E-state index is 12.3. The minimum absolute atomic E-state index is 0.126. The first-order valence-electron chi connectivity index (χ1n) is 7.36. The van der Waals surface area contributed by atoms with Crippen molar-refractivity contribution in [3.05, 3.63) is 53.1 Å². The Kier molecular flexibility index (Phi) is 4.58. The average molecular weight is 360 g/mol. The smallest absolute Gasteiger partial charge is 0.263 e. The van der Waals surface area contributed by atoms with Gasteiger partial charge >= 0.3 is 0 Å². The number of halogens is 1. The van der Waals surface area contributed by atoms with Crippen LogP contribution in [0.1, 0.15) is 5.56 Å². The summed E-state index contributed by atoms with van der Waals surface area (Å²) < 4.78 is 0. The number of aromatic hydroxyl groups is 2. The highest BCUT2D eigenvalue weighted by atomic mass is 35.5. The highest BCUT2D eigenvalue weighted by Crippen LogP contribution is 2.24. The number of amides is 2. The second-order valence-electron chi connectivity index (χ2n) is 5.40. The Balaban J connectivity index is 1.72. The first-order chi connectivity index (χ1) is 11.9. The molecule has 8 heteroatoms. The number of hydrogen-bond donors (Lipinski definition) is 2. The zero-order chi connectivity index (χ0) is 18.0. The first kappa shape index (κ1) is 16.8. The van der Waals surface area contributed by atoms with E-state index in [0.29, 0.717) is 16.3 Å². The number of carbonyl (C=O) groups is 2. The normalized spacial score (nSPS) is 15.2. The summed E-state index contributed by atoms with van der Waals surface area (Å²) in [5.41, 5.74) is 1.07. The molecule has 2 amide bonds. The first-order valence-corrected chi connectivity index (χ1v) is 7.74. The van der Waals surface area contributed by atoms with Gasteiger partial charge in [0, 0.05) is 10.7 Å². The van der Waals surface area contributed by atoms with Crippen molar-refractivity contribution in [2.24, 2.45) is 5.10 Å². The number of rotatable bonds is 3. The van der Waals surface area contributed by atoms with Crippen LogP contribution in [0.5, 0.6) is 11.5 Å². The zero-order valence-corrected chi connectivity index (χ0v) is 13.7. The molecule has 0 saturated carbocycles. The fraction of sp³-hybridized carbons (Fsp3) is 0.118. The van der Waals surface area contributed by atoms with Crippen LogP contribution in [-0.2, 0) is 9.59 Å². The van der Waals surface area contributed by atoms with Gasteiger partial charge in [0.2, 0.25) is 5.91 Å². The minimum Gasteiger partial charge on any atom is -0.504 e. The number of nitrogens with zero attached hydrogens (tertiary/aromatic N) is 3. The molecule has 1 heterocycles. The Hall–Kier alpha value is -3.06. The zero-order valence-electron chi connectivity index (χ0n) is 13.0. The summed E-state index contributed by atoms with van der Waals surface area (Å²) in [6.45, 7) is -0.319. The van der Waals surface area contributed by atoms with Crippen molar-refractivity contribution in [2.45, 2.75) is 0 Å². The van der Waals surface area contributed by atoms with Crippen LogP contribution in [0.25, 0.3) is 0 Å². The summed E-state index contributed by atoms with van der Waals surface area (Å²) in [5.74, 6) is -1.15. The van der Waals surface area contributed by atoms with E-state index in [1.54, 1.807) is 24.3 Å². The largest absolute Gasteiger partial charge is 0.504 e. The van der Waals surface area contributed by atoms with Gasteiger partial charge in [0.25, 0.3) is 5.91 Å². The van der Waals surface area contributed by atoms with Crippen LogP contribution < -0.4 is 4.90 Å².